The Morgan fingerprint density at radius 2 is 0.939 bits per heavy atom. The van der Waals surface area contributed by atoms with Crippen molar-refractivity contribution in [3.63, 3.8) is 0 Å². The Hall–Kier alpha value is -2.78. The van der Waals surface area contributed by atoms with Gasteiger partial charge in [0.05, 0.1) is 12.1 Å². The molecule has 0 spiro atoms. The van der Waals surface area contributed by atoms with E-state index < -0.39 is 24.1 Å². The van der Waals surface area contributed by atoms with Gasteiger partial charge in [0, 0.05) is 51.5 Å². The van der Waals surface area contributed by atoms with E-state index in [9.17, 15) is 54.8 Å². The van der Waals surface area contributed by atoms with Gasteiger partial charge in [0.25, 0.3) is 0 Å². The molecule has 279 valence electrons. The van der Waals surface area contributed by atoms with Crippen LogP contribution in [0, 0.1) is 13.8 Å². The van der Waals surface area contributed by atoms with E-state index in [1.165, 1.54) is 0 Å². The van der Waals surface area contributed by atoms with Gasteiger partial charge >= 0.3 is 18.0 Å². The van der Waals surface area contributed by atoms with Gasteiger partial charge in [-0.2, -0.15) is 26.3 Å². The van der Waals surface area contributed by atoms with Crippen LogP contribution in [0.4, 0.5) is 39.5 Å². The standard InChI is InChI=1S/C30H42N2O2.C4F9O.Co/c1-19-13-21(27(33)23(15-19)29(3,4)5)17-31-25-11-9-10-12-26(25)32-18-22-14-20(2)16-24(28(22)34)30(6,7)8;5-1(2(6,7)8,3(9,10)11)4(12,13)14;/h13-18,25-26,33-34H,9-12H2,1-8H3;;/q;-1;. The predicted octanol–water partition coefficient (Wildman–Crippen LogP) is 8.93. The molecule has 2 unspecified atom stereocenters. The number of rotatable bonds is 5. The summed E-state index contributed by atoms with van der Waals surface area (Å²) in [6, 6.07) is 8.23. The zero-order valence-corrected chi connectivity index (χ0v) is 29.4. The van der Waals surface area contributed by atoms with E-state index in [1.54, 1.807) is 0 Å². The fourth-order valence-corrected chi connectivity index (χ4v) is 5.24. The molecule has 2 atom stereocenters. The second-order valence-corrected chi connectivity index (χ2v) is 14.1. The van der Waals surface area contributed by atoms with Gasteiger partial charge in [-0.3, -0.25) is 9.98 Å². The van der Waals surface area contributed by atoms with Crippen LogP contribution >= 0.6 is 0 Å². The van der Waals surface area contributed by atoms with E-state index in [-0.39, 0.29) is 39.7 Å². The van der Waals surface area contributed by atoms with Crippen LogP contribution in [-0.4, -0.2) is 58.9 Å². The van der Waals surface area contributed by atoms with Gasteiger partial charge in [-0.1, -0.05) is 66.5 Å². The fraction of sp³-hybridized carbons (Fsp3) is 0.588. The van der Waals surface area contributed by atoms with Crippen molar-refractivity contribution in [2.75, 3.05) is 0 Å². The van der Waals surface area contributed by atoms with Crippen LogP contribution in [0.25, 0.3) is 0 Å². The first-order valence-electron chi connectivity index (χ1n) is 15.2. The van der Waals surface area contributed by atoms with Crippen molar-refractivity contribution >= 4 is 12.4 Å². The van der Waals surface area contributed by atoms with Crippen molar-refractivity contribution in [3.05, 3.63) is 57.6 Å². The molecule has 1 aliphatic rings. The molecule has 2 aromatic carbocycles. The number of benzene rings is 2. The molecule has 1 aliphatic carbocycles. The molecule has 0 heterocycles. The summed E-state index contributed by atoms with van der Waals surface area (Å²) in [5.41, 5.74) is -1.70. The van der Waals surface area contributed by atoms with Crippen molar-refractivity contribution in [2.45, 2.75) is 128 Å². The number of phenolic OH excluding ortho intramolecular Hbond substituents is 2. The second kappa shape index (κ2) is 15.6. The Morgan fingerprint density at radius 1 is 0.633 bits per heavy atom. The molecular weight excluding hydrogens is 714 g/mol. The molecule has 5 nitrogen and oxygen atoms in total. The van der Waals surface area contributed by atoms with E-state index in [1.807, 2.05) is 24.6 Å². The Bertz CT molecular complexity index is 1360. The molecule has 2 aromatic rings. The summed E-state index contributed by atoms with van der Waals surface area (Å²) in [6.07, 6.45) is -13.0. The molecule has 15 heteroatoms. The summed E-state index contributed by atoms with van der Waals surface area (Å²) < 4.78 is 103. The molecular formula is C34H42CoF9N2O3-. The van der Waals surface area contributed by atoms with E-state index in [4.69, 9.17) is 9.98 Å². The molecule has 1 fully saturated rings. The summed E-state index contributed by atoms with van der Waals surface area (Å²) in [5, 5.41) is 31.1. The topological polar surface area (TPSA) is 88.2 Å². The molecule has 3 rings (SSSR count). The molecule has 0 aromatic heterocycles. The fourth-order valence-electron chi connectivity index (χ4n) is 5.24. The molecule has 0 bridgehead atoms. The zero-order valence-electron chi connectivity index (χ0n) is 28.4. The van der Waals surface area contributed by atoms with E-state index in [2.05, 4.69) is 67.5 Å². The number of halogens is 9. The summed E-state index contributed by atoms with van der Waals surface area (Å²) in [6.45, 7) is 16.8. The van der Waals surface area contributed by atoms with Gasteiger partial charge in [0.15, 0.2) is 0 Å². The second-order valence-electron chi connectivity index (χ2n) is 14.1. The van der Waals surface area contributed by atoms with Crippen LogP contribution in [0.3, 0.4) is 0 Å². The van der Waals surface area contributed by atoms with Gasteiger partial charge in [-0.05, 0) is 60.8 Å². The van der Waals surface area contributed by atoms with E-state index in [0.29, 0.717) is 11.5 Å². The molecule has 0 aliphatic heterocycles. The first-order chi connectivity index (χ1) is 21.5. The summed E-state index contributed by atoms with van der Waals surface area (Å²) >= 11 is 0. The van der Waals surface area contributed by atoms with Crippen molar-refractivity contribution < 1.29 is 71.6 Å². The minimum atomic E-state index is -7.08. The monoisotopic (exact) mass is 756 g/mol. The maximum absolute atomic E-state index is 12.0. The van der Waals surface area contributed by atoms with Gasteiger partial charge in [0.1, 0.15) is 11.5 Å². The van der Waals surface area contributed by atoms with Crippen LogP contribution < -0.4 is 5.11 Å². The van der Waals surface area contributed by atoms with E-state index in [0.717, 1.165) is 59.1 Å². The molecule has 1 radical (unpaired) electrons. The van der Waals surface area contributed by atoms with E-state index >= 15 is 0 Å². The number of alkyl halides is 9. The molecule has 0 amide bonds. The third-order valence-electron chi connectivity index (χ3n) is 7.87. The molecule has 2 N–H and O–H groups in total. The van der Waals surface area contributed by atoms with Crippen LogP contribution in [0.5, 0.6) is 11.5 Å². The first kappa shape index (κ1) is 44.2. The van der Waals surface area contributed by atoms with Crippen molar-refractivity contribution in [1.82, 2.24) is 0 Å². The number of phenols is 2. The minimum absolute atomic E-state index is 0. The molecule has 1 saturated carbocycles. The smallest absolute Gasteiger partial charge is 0.436 e. The van der Waals surface area contributed by atoms with Crippen LogP contribution in [-0.2, 0) is 27.6 Å². The van der Waals surface area contributed by atoms with Gasteiger partial charge in [-0.25, -0.2) is 13.2 Å². The SMILES string of the molecule is Cc1cc(C=NC2CCCCC2N=Cc2cc(C)cc(C(C)(C)C)c2O)c(O)c(C(C)(C)C)c1.[Co].[O-]C(F)(F)C(F)(C(F)(F)F)C(F)(F)F. The predicted molar refractivity (Wildman–Crippen MR) is 165 cm³/mol. The number of aliphatic imine (C=N–C) groups is 2. The Kier molecular flexibility index (Phi) is 14.1. The summed E-state index contributed by atoms with van der Waals surface area (Å²) in [5.74, 6) is 0.634. The molecule has 49 heavy (non-hydrogen) atoms. The average molecular weight is 757 g/mol. The van der Waals surface area contributed by atoms with Gasteiger partial charge < -0.3 is 15.3 Å². The maximum atomic E-state index is 12.0. The Balaban J connectivity index is 0.000000679. The number of hydrogen-bond donors (Lipinski definition) is 2. The Labute approximate surface area is 291 Å². The van der Waals surface area contributed by atoms with Gasteiger partial charge in [-0.15, -0.1) is 0 Å². The number of aryl methyl sites for hydroxylation is 2. The van der Waals surface area contributed by atoms with Crippen molar-refractivity contribution in [3.8, 4) is 11.5 Å². The minimum Gasteiger partial charge on any atom is -0.795 e. The maximum Gasteiger partial charge on any atom is 0.436 e. The number of nitrogens with zero attached hydrogens (tertiary/aromatic N) is 2. The third kappa shape index (κ3) is 10.6. The van der Waals surface area contributed by atoms with Crippen LogP contribution in [0.2, 0.25) is 0 Å². The summed E-state index contributed by atoms with van der Waals surface area (Å²) in [7, 11) is 0. The molecule has 0 saturated heterocycles. The number of hydrogen-bond acceptors (Lipinski definition) is 5. The van der Waals surface area contributed by atoms with Crippen molar-refractivity contribution in [1.29, 1.82) is 0 Å². The third-order valence-corrected chi connectivity index (χ3v) is 7.87. The number of aromatic hydroxyl groups is 2. The van der Waals surface area contributed by atoms with Crippen LogP contribution in [0.15, 0.2) is 34.3 Å². The zero-order chi connectivity index (χ0) is 37.3. The quantitative estimate of drug-likeness (QED) is 0.236. The normalized spacial score (nSPS) is 18.3. The van der Waals surface area contributed by atoms with Crippen LogP contribution in [0.1, 0.15) is 101 Å². The first-order valence-corrected chi connectivity index (χ1v) is 15.2. The van der Waals surface area contributed by atoms with Crippen molar-refractivity contribution in [2.24, 2.45) is 9.98 Å². The Morgan fingerprint density at radius 3 is 1.16 bits per heavy atom. The average Bonchev–Trinajstić information content (AvgIpc) is 2.90. The largest absolute Gasteiger partial charge is 0.795 e. The summed E-state index contributed by atoms with van der Waals surface area (Å²) in [4.78, 5) is 9.82. The van der Waals surface area contributed by atoms with Gasteiger partial charge in [0.2, 0.25) is 6.11 Å².